The average molecular weight is 388 g/mol. The van der Waals surface area contributed by atoms with Crippen LogP contribution in [0.1, 0.15) is 23.0 Å². The third kappa shape index (κ3) is 3.13. The second-order valence-corrected chi connectivity index (χ2v) is 6.84. The molecule has 29 heavy (non-hydrogen) atoms. The number of benzene rings is 1. The highest BCUT2D eigenvalue weighted by atomic mass is 16.6. The van der Waals surface area contributed by atoms with Gasteiger partial charge in [0, 0.05) is 28.9 Å². The van der Waals surface area contributed by atoms with E-state index in [-0.39, 0.29) is 6.04 Å². The minimum Gasteiger partial charge on any atom is -0.479 e. The van der Waals surface area contributed by atoms with E-state index < -0.39 is 0 Å². The fourth-order valence-electron chi connectivity index (χ4n) is 3.52. The van der Waals surface area contributed by atoms with Crippen molar-refractivity contribution in [1.29, 1.82) is 0 Å². The number of aromatic amines is 1. The molecule has 0 amide bonds. The first-order valence-electron chi connectivity index (χ1n) is 9.31. The van der Waals surface area contributed by atoms with Gasteiger partial charge in [0.2, 0.25) is 5.88 Å². The highest BCUT2D eigenvalue weighted by Crippen LogP contribution is 2.29. The van der Waals surface area contributed by atoms with Crippen LogP contribution in [-0.4, -0.2) is 39.1 Å². The van der Waals surface area contributed by atoms with Crippen LogP contribution in [0, 0.1) is 6.92 Å². The zero-order chi connectivity index (χ0) is 19.8. The number of hydrogen-bond donors (Lipinski definition) is 2. The monoisotopic (exact) mass is 388 g/mol. The molecule has 0 aliphatic carbocycles. The van der Waals surface area contributed by atoms with Gasteiger partial charge in [-0.05, 0) is 25.1 Å². The molecule has 3 aromatic heterocycles. The number of H-pyrrole nitrogens is 1. The number of nitrogens with zero attached hydrogens (tertiary/aromatic N) is 4. The molecule has 4 aromatic rings. The Morgan fingerprint density at radius 1 is 1.21 bits per heavy atom. The van der Waals surface area contributed by atoms with Gasteiger partial charge in [-0.2, -0.15) is 0 Å². The molecule has 8 nitrogen and oxygen atoms in total. The molecule has 2 N–H and O–H groups in total. The standard InChI is InChI=1S/C21H20N6O2/c1-13-10-27(12-23-13)19-8-7-17(25-21(19)28-2)20-24-18(11-29-26-20)15-9-22-16-6-4-3-5-14(15)16/h3-10,12,18,22H,11H2,1-2H3,(H,24,26). The van der Waals surface area contributed by atoms with Crippen molar-refractivity contribution in [2.24, 2.45) is 4.99 Å². The second-order valence-electron chi connectivity index (χ2n) is 6.84. The molecule has 146 valence electrons. The summed E-state index contributed by atoms with van der Waals surface area (Å²) in [7, 11) is 1.60. The van der Waals surface area contributed by atoms with Crippen LogP contribution >= 0.6 is 0 Å². The Balaban J connectivity index is 1.51. The van der Waals surface area contributed by atoms with Crippen molar-refractivity contribution in [3.05, 3.63) is 72.1 Å². The van der Waals surface area contributed by atoms with Gasteiger partial charge in [0.25, 0.3) is 0 Å². The lowest BCUT2D eigenvalue weighted by atomic mass is 10.1. The molecule has 0 saturated carbocycles. The van der Waals surface area contributed by atoms with Crippen molar-refractivity contribution in [1.82, 2.24) is 25.0 Å². The first kappa shape index (κ1) is 17.4. The minimum atomic E-state index is -0.133. The summed E-state index contributed by atoms with van der Waals surface area (Å²) < 4.78 is 7.39. The lowest BCUT2D eigenvalue weighted by molar-refractivity contribution is 0.0623. The molecule has 5 rings (SSSR count). The van der Waals surface area contributed by atoms with Crippen LogP contribution in [0.5, 0.6) is 5.88 Å². The molecule has 4 heterocycles. The second kappa shape index (κ2) is 7.06. The number of para-hydroxylation sites is 1. The van der Waals surface area contributed by atoms with Gasteiger partial charge in [0.05, 0.1) is 19.1 Å². The zero-order valence-electron chi connectivity index (χ0n) is 16.1. The number of amidine groups is 1. The quantitative estimate of drug-likeness (QED) is 0.561. The summed E-state index contributed by atoms with van der Waals surface area (Å²) in [5.41, 5.74) is 7.44. The molecule has 1 aromatic carbocycles. The number of aliphatic imine (C=N–C) groups is 1. The summed E-state index contributed by atoms with van der Waals surface area (Å²) in [6.07, 6.45) is 5.65. The summed E-state index contributed by atoms with van der Waals surface area (Å²) in [6.45, 7) is 2.38. The van der Waals surface area contributed by atoms with E-state index in [4.69, 9.17) is 14.6 Å². The third-order valence-corrected chi connectivity index (χ3v) is 4.94. The Bertz CT molecular complexity index is 1210. The van der Waals surface area contributed by atoms with E-state index in [2.05, 4.69) is 26.5 Å². The Kier molecular flexibility index (Phi) is 4.25. The number of nitrogens with one attached hydrogen (secondary N) is 2. The van der Waals surface area contributed by atoms with E-state index in [0.29, 0.717) is 24.0 Å². The van der Waals surface area contributed by atoms with Crippen molar-refractivity contribution < 1.29 is 9.57 Å². The Hall–Kier alpha value is -3.65. The van der Waals surface area contributed by atoms with Gasteiger partial charge in [-0.1, -0.05) is 18.2 Å². The van der Waals surface area contributed by atoms with Crippen molar-refractivity contribution >= 4 is 16.7 Å². The predicted octanol–water partition coefficient (Wildman–Crippen LogP) is 3.09. The minimum absolute atomic E-state index is 0.133. The van der Waals surface area contributed by atoms with Crippen molar-refractivity contribution in [3.8, 4) is 11.6 Å². The van der Waals surface area contributed by atoms with Crippen LogP contribution < -0.4 is 10.2 Å². The summed E-state index contributed by atoms with van der Waals surface area (Å²) in [4.78, 5) is 22.7. The molecular formula is C21H20N6O2. The Morgan fingerprint density at radius 3 is 2.93 bits per heavy atom. The van der Waals surface area contributed by atoms with Gasteiger partial charge in [0.15, 0.2) is 5.84 Å². The molecule has 1 atom stereocenters. The van der Waals surface area contributed by atoms with E-state index in [9.17, 15) is 0 Å². The van der Waals surface area contributed by atoms with E-state index >= 15 is 0 Å². The highest BCUT2D eigenvalue weighted by molar-refractivity contribution is 5.97. The smallest absolute Gasteiger partial charge is 0.238 e. The first-order chi connectivity index (χ1) is 14.2. The molecule has 0 fully saturated rings. The van der Waals surface area contributed by atoms with Gasteiger partial charge in [-0.25, -0.2) is 15.4 Å². The number of hydroxylamine groups is 1. The number of hydrogen-bond acceptors (Lipinski definition) is 6. The average Bonchev–Trinajstić information content (AvgIpc) is 3.39. The number of ether oxygens (including phenoxy) is 1. The van der Waals surface area contributed by atoms with Crippen LogP contribution in [0.3, 0.4) is 0 Å². The summed E-state index contributed by atoms with van der Waals surface area (Å²) in [5.74, 6) is 1.05. The van der Waals surface area contributed by atoms with Crippen molar-refractivity contribution in [2.45, 2.75) is 13.0 Å². The van der Waals surface area contributed by atoms with Gasteiger partial charge in [-0.3, -0.25) is 9.83 Å². The van der Waals surface area contributed by atoms with Gasteiger partial charge in [0.1, 0.15) is 24.0 Å². The maximum Gasteiger partial charge on any atom is 0.238 e. The molecule has 0 bridgehead atoms. The van der Waals surface area contributed by atoms with Crippen molar-refractivity contribution in [2.75, 3.05) is 13.7 Å². The number of methoxy groups -OCH3 is 1. The Morgan fingerprint density at radius 2 is 2.10 bits per heavy atom. The van der Waals surface area contributed by atoms with Gasteiger partial charge < -0.3 is 14.3 Å². The summed E-state index contributed by atoms with van der Waals surface area (Å²) in [5, 5.41) is 1.14. The van der Waals surface area contributed by atoms with Gasteiger partial charge >= 0.3 is 0 Å². The third-order valence-electron chi connectivity index (χ3n) is 4.94. The molecule has 8 heteroatoms. The first-order valence-corrected chi connectivity index (χ1v) is 9.31. The fraction of sp³-hybridized carbons (Fsp3) is 0.190. The lowest BCUT2D eigenvalue weighted by Crippen LogP contribution is -2.33. The molecule has 0 radical (unpaired) electrons. The summed E-state index contributed by atoms with van der Waals surface area (Å²) in [6, 6.07) is 11.9. The van der Waals surface area contributed by atoms with Crippen LogP contribution in [-0.2, 0) is 4.84 Å². The zero-order valence-corrected chi connectivity index (χ0v) is 16.1. The maximum atomic E-state index is 5.62. The van der Waals surface area contributed by atoms with Crippen LogP contribution in [0.15, 0.2) is 60.1 Å². The SMILES string of the molecule is COc1nc(C2=NC(c3c[nH]c4ccccc34)CON2)ccc1-n1cnc(C)c1. The van der Waals surface area contributed by atoms with Crippen molar-refractivity contribution in [3.63, 3.8) is 0 Å². The maximum absolute atomic E-state index is 5.62. The molecule has 0 saturated heterocycles. The van der Waals surface area contributed by atoms with E-state index in [1.54, 1.807) is 13.4 Å². The number of fused-ring (bicyclic) bond motifs is 1. The van der Waals surface area contributed by atoms with Gasteiger partial charge in [-0.15, -0.1) is 0 Å². The number of imidazole rings is 1. The lowest BCUT2D eigenvalue weighted by Gasteiger charge is -2.22. The highest BCUT2D eigenvalue weighted by Gasteiger charge is 2.22. The Labute approximate surface area is 167 Å². The van der Waals surface area contributed by atoms with E-state index in [1.807, 2.05) is 54.2 Å². The van der Waals surface area contributed by atoms with Crippen LogP contribution in [0.25, 0.3) is 16.6 Å². The van der Waals surface area contributed by atoms with E-state index in [0.717, 1.165) is 27.8 Å². The molecule has 1 unspecified atom stereocenters. The van der Waals surface area contributed by atoms with Crippen LogP contribution in [0.4, 0.5) is 0 Å². The number of aryl methyl sites for hydroxylation is 1. The normalized spacial score (nSPS) is 16.5. The number of aromatic nitrogens is 4. The number of pyridine rings is 1. The van der Waals surface area contributed by atoms with E-state index in [1.165, 1.54) is 0 Å². The van der Waals surface area contributed by atoms with Crippen LogP contribution in [0.2, 0.25) is 0 Å². The largest absolute Gasteiger partial charge is 0.479 e. The fourth-order valence-corrected chi connectivity index (χ4v) is 3.52. The molecule has 1 aliphatic heterocycles. The summed E-state index contributed by atoms with van der Waals surface area (Å²) >= 11 is 0. The molecule has 0 spiro atoms. The molecular weight excluding hydrogens is 368 g/mol. The topological polar surface area (TPSA) is 89.4 Å². The predicted molar refractivity (Wildman–Crippen MR) is 109 cm³/mol. The molecule has 1 aliphatic rings. The number of rotatable bonds is 4.